The van der Waals surface area contributed by atoms with E-state index in [0.29, 0.717) is 42.1 Å². The van der Waals surface area contributed by atoms with Crippen LogP contribution >= 0.6 is 0 Å². The van der Waals surface area contributed by atoms with Crippen LogP contribution in [0.25, 0.3) is 27.7 Å². The summed E-state index contributed by atoms with van der Waals surface area (Å²) in [5, 5.41) is 6.96. The summed E-state index contributed by atoms with van der Waals surface area (Å²) in [7, 11) is 1.89. The first-order valence-corrected chi connectivity index (χ1v) is 14.8. The average Bonchev–Trinajstić information content (AvgIpc) is 3.60. The first-order chi connectivity index (χ1) is 19.8. The number of pyridine rings is 2. The van der Waals surface area contributed by atoms with E-state index < -0.39 is 0 Å². The molecular formula is C31H39N7O3. The van der Waals surface area contributed by atoms with Gasteiger partial charge >= 0.3 is 0 Å². The van der Waals surface area contributed by atoms with Gasteiger partial charge < -0.3 is 25.0 Å². The number of aromatic nitrogens is 3. The van der Waals surface area contributed by atoms with Gasteiger partial charge in [0.2, 0.25) is 11.3 Å². The lowest BCUT2D eigenvalue weighted by molar-refractivity contribution is -0.135. The van der Waals surface area contributed by atoms with Crippen LogP contribution in [0.1, 0.15) is 49.9 Å². The molecule has 3 aromatic heterocycles. The van der Waals surface area contributed by atoms with Gasteiger partial charge in [0.25, 0.3) is 5.91 Å². The van der Waals surface area contributed by atoms with E-state index in [1.165, 1.54) is 12.8 Å². The van der Waals surface area contributed by atoms with Crippen molar-refractivity contribution in [2.75, 3.05) is 44.6 Å². The van der Waals surface area contributed by atoms with Crippen LogP contribution in [0.2, 0.25) is 0 Å². The molecule has 4 aromatic rings. The lowest BCUT2D eigenvalue weighted by atomic mass is 10.0. The van der Waals surface area contributed by atoms with Crippen LogP contribution in [-0.2, 0) is 11.8 Å². The highest BCUT2D eigenvalue weighted by atomic mass is 16.2. The van der Waals surface area contributed by atoms with Gasteiger partial charge in [-0.15, -0.1) is 0 Å². The van der Waals surface area contributed by atoms with Crippen molar-refractivity contribution in [1.29, 1.82) is 0 Å². The Morgan fingerprint density at radius 1 is 1.00 bits per heavy atom. The minimum Gasteiger partial charge on any atom is -0.367 e. The molecule has 0 unspecified atom stereocenters. The van der Waals surface area contributed by atoms with Gasteiger partial charge in [-0.05, 0) is 63.0 Å². The number of rotatable bonds is 7. The van der Waals surface area contributed by atoms with Crippen LogP contribution < -0.4 is 16.1 Å². The van der Waals surface area contributed by atoms with Crippen molar-refractivity contribution in [3.8, 4) is 0 Å². The maximum absolute atomic E-state index is 13.9. The van der Waals surface area contributed by atoms with Crippen molar-refractivity contribution in [1.82, 2.24) is 29.1 Å². The van der Waals surface area contributed by atoms with Crippen LogP contribution in [0, 0.1) is 5.92 Å². The topological polar surface area (TPSA) is 104 Å². The molecule has 10 heteroatoms. The number of anilines is 1. The van der Waals surface area contributed by atoms with Crippen LogP contribution in [0.5, 0.6) is 0 Å². The molecule has 5 heterocycles. The molecule has 2 N–H and O–H groups in total. The number of nitrogens with zero attached hydrogens (tertiary/aromatic N) is 5. The van der Waals surface area contributed by atoms with Gasteiger partial charge in [-0.2, -0.15) is 0 Å². The molecule has 0 aliphatic carbocycles. The highest BCUT2D eigenvalue weighted by Crippen LogP contribution is 2.27. The third-order valence-electron chi connectivity index (χ3n) is 8.59. The Labute approximate surface area is 239 Å². The van der Waals surface area contributed by atoms with Crippen molar-refractivity contribution < 1.29 is 9.59 Å². The molecule has 2 fully saturated rings. The number of amides is 2. The second kappa shape index (κ2) is 11.2. The van der Waals surface area contributed by atoms with Gasteiger partial charge in [0, 0.05) is 45.2 Å². The minimum absolute atomic E-state index is 0.000118. The Morgan fingerprint density at radius 3 is 2.41 bits per heavy atom. The van der Waals surface area contributed by atoms with Crippen molar-refractivity contribution in [2.45, 2.75) is 45.6 Å². The summed E-state index contributed by atoms with van der Waals surface area (Å²) in [6, 6.07) is 11.7. The minimum atomic E-state index is -0.357. The molecule has 2 saturated heterocycles. The number of imidazole rings is 1. The molecule has 216 valence electrons. The summed E-state index contributed by atoms with van der Waals surface area (Å²) >= 11 is 0. The van der Waals surface area contributed by atoms with E-state index in [1.54, 1.807) is 6.07 Å². The zero-order valence-corrected chi connectivity index (χ0v) is 24.2. The molecule has 0 spiro atoms. The first-order valence-electron chi connectivity index (χ1n) is 14.8. The fourth-order valence-electron chi connectivity index (χ4n) is 6.37. The maximum atomic E-state index is 13.9. The summed E-state index contributed by atoms with van der Waals surface area (Å²) in [5.74, 6) is 0.514. The van der Waals surface area contributed by atoms with Gasteiger partial charge in [0.1, 0.15) is 17.0 Å². The van der Waals surface area contributed by atoms with Crippen molar-refractivity contribution in [2.24, 2.45) is 13.0 Å². The van der Waals surface area contributed by atoms with Gasteiger partial charge in [-0.3, -0.25) is 18.8 Å². The summed E-state index contributed by atoms with van der Waals surface area (Å²) in [6.07, 6.45) is 4.05. The predicted octanol–water partition coefficient (Wildman–Crippen LogP) is 3.22. The van der Waals surface area contributed by atoms with Crippen molar-refractivity contribution >= 4 is 45.3 Å². The summed E-state index contributed by atoms with van der Waals surface area (Å²) in [5.41, 5.74) is 2.67. The second-order valence-corrected chi connectivity index (χ2v) is 11.7. The SMILES string of the molecule is CC(C)C(=O)N1CCC(Nc2ccc3c(=O)c(C(=O)NCCN4CCCC4)c4n(C)c5ccccc5n4c3n2)CC1. The number of benzene rings is 1. The van der Waals surface area contributed by atoms with Gasteiger partial charge in [0.15, 0.2) is 5.65 Å². The molecule has 2 aliphatic heterocycles. The molecule has 0 bridgehead atoms. The molecule has 2 aliphatic rings. The fraction of sp³-hybridized carbons (Fsp3) is 0.484. The molecule has 1 aromatic carbocycles. The molecule has 0 radical (unpaired) electrons. The first kappa shape index (κ1) is 27.3. The average molecular weight is 558 g/mol. The van der Waals surface area contributed by atoms with E-state index in [-0.39, 0.29) is 34.8 Å². The molecule has 0 atom stereocenters. The summed E-state index contributed by atoms with van der Waals surface area (Å²) in [4.78, 5) is 49.1. The molecular weight excluding hydrogens is 518 g/mol. The number of aryl methyl sites for hydroxylation is 1. The number of hydrogen-bond acceptors (Lipinski definition) is 6. The molecule has 2 amide bonds. The number of likely N-dealkylation sites (tertiary alicyclic amines) is 2. The highest BCUT2D eigenvalue weighted by molar-refractivity contribution is 6.05. The van der Waals surface area contributed by atoms with Crippen molar-refractivity contribution in [3.05, 3.63) is 52.2 Å². The normalized spacial score (nSPS) is 16.8. The molecule has 6 rings (SSSR count). The standard InChI is InChI=1S/C31H39N7O3/c1-20(2)31(41)37-17-12-21(13-18-37)33-25-11-10-22-27(39)26(29(40)32-14-19-36-15-6-7-16-36)30-35(3)23-8-4-5-9-24(23)38(30)28(22)34-25/h4-5,8-11,20-21H,6-7,12-19H2,1-3H3,(H,32,40)(H,33,34). The van der Waals surface area contributed by atoms with Crippen LogP contribution in [-0.4, -0.2) is 80.9 Å². The Hall–Kier alpha value is -3.92. The van der Waals surface area contributed by atoms with Crippen LogP contribution in [0.3, 0.4) is 0 Å². The number of carbonyl (C=O) groups is 2. The zero-order chi connectivity index (χ0) is 28.7. The number of carbonyl (C=O) groups excluding carboxylic acids is 2. The van der Waals surface area contributed by atoms with Gasteiger partial charge in [-0.1, -0.05) is 26.0 Å². The van der Waals surface area contributed by atoms with Gasteiger partial charge in [-0.25, -0.2) is 4.98 Å². The Balaban J connectivity index is 1.35. The summed E-state index contributed by atoms with van der Waals surface area (Å²) in [6.45, 7) is 8.68. The third kappa shape index (κ3) is 5.05. The van der Waals surface area contributed by atoms with E-state index in [4.69, 9.17) is 4.98 Å². The fourth-order valence-corrected chi connectivity index (χ4v) is 6.37. The van der Waals surface area contributed by atoms with Crippen LogP contribution in [0.15, 0.2) is 41.2 Å². The Kier molecular flexibility index (Phi) is 7.42. The lowest BCUT2D eigenvalue weighted by Gasteiger charge is -2.33. The Bertz CT molecular complexity index is 1670. The number of piperidine rings is 1. The predicted molar refractivity (Wildman–Crippen MR) is 162 cm³/mol. The van der Waals surface area contributed by atoms with E-state index >= 15 is 0 Å². The second-order valence-electron chi connectivity index (χ2n) is 11.7. The molecule has 41 heavy (non-hydrogen) atoms. The zero-order valence-electron chi connectivity index (χ0n) is 24.2. The lowest BCUT2D eigenvalue weighted by Crippen LogP contribution is -2.44. The van der Waals surface area contributed by atoms with Crippen molar-refractivity contribution in [3.63, 3.8) is 0 Å². The Morgan fingerprint density at radius 2 is 1.71 bits per heavy atom. The largest absolute Gasteiger partial charge is 0.367 e. The quantitative estimate of drug-likeness (QED) is 0.362. The smallest absolute Gasteiger partial charge is 0.259 e. The van der Waals surface area contributed by atoms with E-state index in [0.717, 1.165) is 43.5 Å². The summed E-state index contributed by atoms with van der Waals surface area (Å²) < 4.78 is 3.85. The van der Waals surface area contributed by atoms with E-state index in [9.17, 15) is 14.4 Å². The molecule has 0 saturated carbocycles. The highest BCUT2D eigenvalue weighted by Gasteiger charge is 2.26. The maximum Gasteiger partial charge on any atom is 0.259 e. The number of nitrogens with one attached hydrogen (secondary N) is 2. The van der Waals surface area contributed by atoms with E-state index in [2.05, 4.69) is 15.5 Å². The van der Waals surface area contributed by atoms with Crippen LogP contribution in [0.4, 0.5) is 5.82 Å². The molecule has 10 nitrogen and oxygen atoms in total. The van der Waals surface area contributed by atoms with Gasteiger partial charge in [0.05, 0.1) is 16.4 Å². The number of fused-ring (bicyclic) bond motifs is 5. The van der Waals surface area contributed by atoms with E-state index in [1.807, 2.05) is 65.1 Å². The number of hydrogen-bond donors (Lipinski definition) is 2. The number of para-hydroxylation sites is 2. The third-order valence-corrected chi connectivity index (χ3v) is 8.59. The monoisotopic (exact) mass is 557 g/mol.